The maximum Gasteiger partial charge on any atom is 0.234 e. The number of carbonyl (C=O) groups is 1. The van der Waals surface area contributed by atoms with Crippen LogP contribution in [0.15, 0.2) is 18.2 Å². The molecule has 27 heavy (non-hydrogen) atoms. The van der Waals surface area contributed by atoms with Crippen LogP contribution in [-0.4, -0.2) is 80.6 Å². The molecule has 2 aliphatic rings. The van der Waals surface area contributed by atoms with Gasteiger partial charge in [-0.3, -0.25) is 9.69 Å². The Morgan fingerprint density at radius 3 is 2.74 bits per heavy atom. The molecule has 3 rings (SSSR count). The van der Waals surface area contributed by atoms with E-state index in [1.807, 2.05) is 18.2 Å². The molecule has 2 aliphatic heterocycles. The van der Waals surface area contributed by atoms with Crippen LogP contribution in [0.4, 0.5) is 0 Å². The Morgan fingerprint density at radius 2 is 1.96 bits per heavy atom. The summed E-state index contributed by atoms with van der Waals surface area (Å²) in [4.78, 5) is 16.1. The van der Waals surface area contributed by atoms with Gasteiger partial charge in [0.2, 0.25) is 12.7 Å². The van der Waals surface area contributed by atoms with E-state index in [1.165, 1.54) is 0 Å². The van der Waals surface area contributed by atoms with Gasteiger partial charge < -0.3 is 29.7 Å². The Kier molecular flexibility index (Phi) is 7.08. The Balaban J connectivity index is 1.36. The smallest absolute Gasteiger partial charge is 0.234 e. The molecule has 0 bridgehead atoms. The number of thiocarbonyl (C=S) groups is 1. The minimum absolute atomic E-state index is 0.0315. The lowest BCUT2D eigenvalue weighted by molar-refractivity contribution is -0.122. The molecule has 2 heterocycles. The number of fused-ring (bicyclic) bond motifs is 1. The normalized spacial score (nSPS) is 16.3. The van der Waals surface area contributed by atoms with Gasteiger partial charge in [-0.1, -0.05) is 6.07 Å². The zero-order valence-electron chi connectivity index (χ0n) is 15.5. The predicted octanol–water partition coefficient (Wildman–Crippen LogP) is 0.170. The first kappa shape index (κ1) is 19.7. The number of methoxy groups -OCH3 is 1. The van der Waals surface area contributed by atoms with Crippen molar-refractivity contribution in [1.29, 1.82) is 0 Å². The molecule has 0 aromatic heterocycles. The van der Waals surface area contributed by atoms with Crippen molar-refractivity contribution in [1.82, 2.24) is 20.4 Å². The Labute approximate surface area is 164 Å². The van der Waals surface area contributed by atoms with E-state index in [-0.39, 0.29) is 12.7 Å². The number of piperazine rings is 1. The molecular formula is C18H26N4O4S. The van der Waals surface area contributed by atoms with E-state index in [2.05, 4.69) is 20.4 Å². The molecule has 0 spiro atoms. The molecule has 0 unspecified atom stereocenters. The minimum atomic E-state index is 0.0315. The summed E-state index contributed by atoms with van der Waals surface area (Å²) in [5.41, 5.74) is 1.09. The largest absolute Gasteiger partial charge is 0.454 e. The molecule has 0 radical (unpaired) electrons. The highest BCUT2D eigenvalue weighted by molar-refractivity contribution is 7.80. The topological polar surface area (TPSA) is 75.3 Å². The average molecular weight is 394 g/mol. The van der Waals surface area contributed by atoms with Crippen LogP contribution in [0.2, 0.25) is 0 Å². The lowest BCUT2D eigenvalue weighted by atomic mass is 10.2. The van der Waals surface area contributed by atoms with Crippen molar-refractivity contribution < 1.29 is 19.0 Å². The number of benzene rings is 1. The maximum atomic E-state index is 11.9. The van der Waals surface area contributed by atoms with Crippen LogP contribution in [0, 0.1) is 0 Å². The van der Waals surface area contributed by atoms with Gasteiger partial charge in [0.05, 0.1) is 13.2 Å². The van der Waals surface area contributed by atoms with E-state index >= 15 is 0 Å². The maximum absolute atomic E-state index is 11.9. The fourth-order valence-corrected chi connectivity index (χ4v) is 3.26. The number of rotatable bonds is 7. The highest BCUT2D eigenvalue weighted by Gasteiger charge is 2.20. The van der Waals surface area contributed by atoms with Crippen molar-refractivity contribution in [3.63, 3.8) is 0 Å². The minimum Gasteiger partial charge on any atom is -0.454 e. The number of hydrogen-bond acceptors (Lipinski definition) is 6. The van der Waals surface area contributed by atoms with Crippen LogP contribution in [0.3, 0.4) is 0 Å². The van der Waals surface area contributed by atoms with Crippen molar-refractivity contribution in [2.75, 3.05) is 59.8 Å². The molecule has 148 valence electrons. The van der Waals surface area contributed by atoms with Crippen molar-refractivity contribution in [3.8, 4) is 11.5 Å². The first-order valence-electron chi connectivity index (χ1n) is 9.05. The van der Waals surface area contributed by atoms with E-state index in [0.717, 1.165) is 48.4 Å². The fourth-order valence-electron chi connectivity index (χ4n) is 3.00. The number of ether oxygens (including phenoxy) is 3. The highest BCUT2D eigenvalue weighted by atomic mass is 32.1. The Bertz CT molecular complexity index is 665. The molecule has 2 N–H and O–H groups in total. The van der Waals surface area contributed by atoms with Crippen LogP contribution < -0.4 is 20.1 Å². The van der Waals surface area contributed by atoms with E-state index in [0.29, 0.717) is 26.2 Å². The summed E-state index contributed by atoms with van der Waals surface area (Å²) in [6.45, 7) is 5.63. The second-order valence-corrected chi connectivity index (χ2v) is 6.84. The molecule has 1 amide bonds. The number of carbonyl (C=O) groups excluding carboxylic acids is 1. The lowest BCUT2D eigenvalue weighted by Gasteiger charge is -2.35. The number of nitrogens with one attached hydrogen (secondary N) is 2. The van der Waals surface area contributed by atoms with Crippen LogP contribution in [-0.2, 0) is 16.1 Å². The number of nitrogens with zero attached hydrogens (tertiary/aromatic N) is 2. The molecule has 1 fully saturated rings. The predicted molar refractivity (Wildman–Crippen MR) is 105 cm³/mol. The fraction of sp³-hybridized carbons (Fsp3) is 0.556. The van der Waals surface area contributed by atoms with Crippen LogP contribution in [0.25, 0.3) is 0 Å². The van der Waals surface area contributed by atoms with Gasteiger partial charge in [-0.2, -0.15) is 0 Å². The Hall–Kier alpha value is -2.10. The van der Waals surface area contributed by atoms with E-state index in [1.54, 1.807) is 7.11 Å². The molecular weight excluding hydrogens is 368 g/mol. The van der Waals surface area contributed by atoms with Gasteiger partial charge in [-0.15, -0.1) is 0 Å². The van der Waals surface area contributed by atoms with Crippen molar-refractivity contribution in [2.45, 2.75) is 6.54 Å². The van der Waals surface area contributed by atoms with Gasteiger partial charge >= 0.3 is 0 Å². The van der Waals surface area contributed by atoms with Gasteiger partial charge in [-0.25, -0.2) is 0 Å². The molecule has 0 atom stereocenters. The first-order chi connectivity index (χ1) is 13.2. The third-order valence-electron chi connectivity index (χ3n) is 4.54. The number of amides is 1. The van der Waals surface area contributed by atoms with E-state index < -0.39 is 0 Å². The molecule has 1 saturated heterocycles. The zero-order valence-corrected chi connectivity index (χ0v) is 16.3. The monoisotopic (exact) mass is 394 g/mol. The second-order valence-electron chi connectivity index (χ2n) is 6.45. The Morgan fingerprint density at radius 1 is 1.19 bits per heavy atom. The molecule has 8 nitrogen and oxygen atoms in total. The molecule has 1 aromatic rings. The van der Waals surface area contributed by atoms with Crippen molar-refractivity contribution >= 4 is 23.2 Å². The second kappa shape index (κ2) is 9.72. The summed E-state index contributed by atoms with van der Waals surface area (Å²) < 4.78 is 15.7. The van der Waals surface area contributed by atoms with Gasteiger partial charge in [0.25, 0.3) is 0 Å². The van der Waals surface area contributed by atoms with Crippen LogP contribution in [0.1, 0.15) is 5.56 Å². The van der Waals surface area contributed by atoms with Crippen LogP contribution in [0.5, 0.6) is 11.5 Å². The van der Waals surface area contributed by atoms with E-state index in [4.69, 9.17) is 26.4 Å². The summed E-state index contributed by atoms with van der Waals surface area (Å²) in [6.07, 6.45) is 0. The zero-order chi connectivity index (χ0) is 19.1. The van der Waals surface area contributed by atoms with Crippen molar-refractivity contribution in [3.05, 3.63) is 23.8 Å². The average Bonchev–Trinajstić information content (AvgIpc) is 3.15. The molecule has 1 aromatic carbocycles. The number of hydrogen-bond donors (Lipinski definition) is 2. The summed E-state index contributed by atoms with van der Waals surface area (Å²) in [6, 6.07) is 5.89. The SMILES string of the molecule is COCCNC(=O)CN1CCN(C(=S)NCc2ccc3c(c2)OCO3)CC1. The first-order valence-corrected chi connectivity index (χ1v) is 9.46. The highest BCUT2D eigenvalue weighted by Crippen LogP contribution is 2.32. The van der Waals surface area contributed by atoms with Gasteiger partial charge in [-0.05, 0) is 29.9 Å². The molecule has 0 saturated carbocycles. The summed E-state index contributed by atoms with van der Waals surface area (Å²) in [7, 11) is 1.62. The lowest BCUT2D eigenvalue weighted by Crippen LogP contribution is -2.53. The third-order valence-corrected chi connectivity index (χ3v) is 4.94. The van der Waals surface area contributed by atoms with Crippen LogP contribution >= 0.6 is 12.2 Å². The van der Waals surface area contributed by atoms with Gasteiger partial charge in [0.1, 0.15) is 0 Å². The van der Waals surface area contributed by atoms with Crippen molar-refractivity contribution in [2.24, 2.45) is 0 Å². The third kappa shape index (κ3) is 5.69. The standard InChI is InChI=1S/C18H26N4O4S/c1-24-9-4-19-17(23)12-21-5-7-22(8-6-21)18(27)20-11-14-2-3-15-16(10-14)26-13-25-15/h2-3,10H,4-9,11-13H2,1H3,(H,19,23)(H,20,27). The summed E-state index contributed by atoms with van der Waals surface area (Å²) in [5, 5.41) is 6.88. The van der Waals surface area contributed by atoms with Gasteiger partial charge in [0.15, 0.2) is 16.6 Å². The molecule has 9 heteroatoms. The van der Waals surface area contributed by atoms with E-state index in [9.17, 15) is 4.79 Å². The summed E-state index contributed by atoms with van der Waals surface area (Å²) >= 11 is 5.52. The van der Waals surface area contributed by atoms with Gasteiger partial charge in [0, 0.05) is 46.4 Å². The summed E-state index contributed by atoms with van der Waals surface area (Å²) in [5.74, 6) is 1.59. The quantitative estimate of drug-likeness (QED) is 0.501. The molecule has 0 aliphatic carbocycles.